The summed E-state index contributed by atoms with van der Waals surface area (Å²) in [4.78, 5) is 4.58. The molecule has 0 spiro atoms. The van der Waals surface area contributed by atoms with Gasteiger partial charge in [-0.3, -0.25) is 0 Å². The lowest BCUT2D eigenvalue weighted by atomic mass is 10.2. The molecular weight excluding hydrogens is 289 g/mol. The van der Waals surface area contributed by atoms with Crippen molar-refractivity contribution >= 4 is 21.6 Å². The molecular formula is C16H14FNO2S. The monoisotopic (exact) mass is 303 g/mol. The quantitative estimate of drug-likeness (QED) is 0.796. The molecule has 0 saturated carbocycles. The molecule has 1 heterocycles. The molecule has 3 nitrogen and oxygen atoms in total. The van der Waals surface area contributed by atoms with E-state index in [2.05, 4.69) is 4.98 Å². The first-order valence-corrected chi connectivity index (χ1v) is 7.41. The molecule has 0 amide bonds. The van der Waals surface area contributed by atoms with Gasteiger partial charge >= 0.3 is 0 Å². The fourth-order valence-corrected chi connectivity index (χ4v) is 2.95. The summed E-state index contributed by atoms with van der Waals surface area (Å²) in [5.74, 6) is 0.388. The second-order valence-corrected chi connectivity index (χ2v) is 5.82. The number of para-hydroxylation sites is 1. The van der Waals surface area contributed by atoms with E-state index in [9.17, 15) is 9.50 Å². The summed E-state index contributed by atoms with van der Waals surface area (Å²) >= 11 is 1.53. The summed E-state index contributed by atoms with van der Waals surface area (Å²) in [7, 11) is 0. The highest BCUT2D eigenvalue weighted by molar-refractivity contribution is 7.21. The number of ether oxygens (including phenoxy) is 1. The molecule has 2 aromatic carbocycles. The summed E-state index contributed by atoms with van der Waals surface area (Å²) in [5, 5.41) is 10.1. The van der Waals surface area contributed by atoms with Crippen LogP contribution in [-0.4, -0.2) is 22.8 Å². The number of benzene rings is 2. The first-order chi connectivity index (χ1) is 10.1. The van der Waals surface area contributed by atoms with E-state index in [1.54, 1.807) is 19.1 Å². The zero-order valence-corrected chi connectivity index (χ0v) is 12.2. The van der Waals surface area contributed by atoms with Crippen LogP contribution in [0.15, 0.2) is 42.5 Å². The van der Waals surface area contributed by atoms with Crippen LogP contribution in [-0.2, 0) is 0 Å². The average molecular weight is 303 g/mol. The van der Waals surface area contributed by atoms with Crippen LogP contribution in [0.4, 0.5) is 4.39 Å². The average Bonchev–Trinajstić information content (AvgIpc) is 2.90. The van der Waals surface area contributed by atoms with Crippen LogP contribution in [0.5, 0.6) is 5.75 Å². The van der Waals surface area contributed by atoms with Crippen molar-refractivity contribution in [2.75, 3.05) is 6.61 Å². The van der Waals surface area contributed by atoms with Crippen molar-refractivity contribution in [2.24, 2.45) is 0 Å². The minimum Gasteiger partial charge on any atom is -0.489 e. The van der Waals surface area contributed by atoms with Gasteiger partial charge in [0.15, 0.2) is 0 Å². The second-order valence-electron chi connectivity index (χ2n) is 4.79. The minimum atomic E-state index is -0.532. The Hall–Kier alpha value is -1.98. The molecule has 1 atom stereocenters. The molecule has 3 rings (SSSR count). The van der Waals surface area contributed by atoms with Crippen LogP contribution < -0.4 is 4.74 Å². The lowest BCUT2D eigenvalue weighted by molar-refractivity contribution is 0.123. The third-order valence-electron chi connectivity index (χ3n) is 2.95. The van der Waals surface area contributed by atoms with Gasteiger partial charge in [-0.1, -0.05) is 6.07 Å². The Bertz CT molecular complexity index is 753. The van der Waals surface area contributed by atoms with Gasteiger partial charge in [0.05, 0.1) is 10.8 Å². The topological polar surface area (TPSA) is 42.4 Å². The number of fused-ring (bicyclic) bond motifs is 1. The number of rotatable bonds is 4. The van der Waals surface area contributed by atoms with Gasteiger partial charge in [-0.05, 0) is 43.3 Å². The lowest BCUT2D eigenvalue weighted by Crippen LogP contribution is -2.12. The Morgan fingerprint density at radius 1 is 1.24 bits per heavy atom. The Balaban J connectivity index is 1.99. The highest BCUT2D eigenvalue weighted by Gasteiger charge is 2.11. The molecule has 0 fully saturated rings. The van der Waals surface area contributed by atoms with Gasteiger partial charge in [-0.15, -0.1) is 11.3 Å². The van der Waals surface area contributed by atoms with E-state index in [1.807, 2.05) is 18.2 Å². The fourth-order valence-electron chi connectivity index (χ4n) is 1.97. The van der Waals surface area contributed by atoms with Crippen LogP contribution >= 0.6 is 11.3 Å². The maximum Gasteiger partial charge on any atom is 0.146 e. The van der Waals surface area contributed by atoms with E-state index in [0.717, 1.165) is 20.8 Å². The highest BCUT2D eigenvalue weighted by atomic mass is 32.1. The highest BCUT2D eigenvalue weighted by Crippen LogP contribution is 2.34. The molecule has 108 valence electrons. The molecule has 0 aliphatic heterocycles. The summed E-state index contributed by atoms with van der Waals surface area (Å²) in [6.45, 7) is 1.90. The smallest absolute Gasteiger partial charge is 0.146 e. The van der Waals surface area contributed by atoms with Gasteiger partial charge in [0, 0.05) is 5.56 Å². The van der Waals surface area contributed by atoms with Crippen molar-refractivity contribution in [1.29, 1.82) is 0 Å². The molecule has 3 aromatic rings. The summed E-state index contributed by atoms with van der Waals surface area (Å²) in [6, 6.07) is 12.0. The van der Waals surface area contributed by atoms with Gasteiger partial charge in [0.1, 0.15) is 28.7 Å². The largest absolute Gasteiger partial charge is 0.489 e. The number of hydrogen-bond acceptors (Lipinski definition) is 4. The Kier molecular flexibility index (Phi) is 3.86. The summed E-state index contributed by atoms with van der Waals surface area (Å²) in [5.41, 5.74) is 1.64. The Morgan fingerprint density at radius 2 is 2.00 bits per heavy atom. The molecule has 0 radical (unpaired) electrons. The van der Waals surface area contributed by atoms with E-state index in [0.29, 0.717) is 5.75 Å². The first-order valence-electron chi connectivity index (χ1n) is 6.60. The molecule has 0 aliphatic carbocycles. The first kappa shape index (κ1) is 14.0. The number of halogens is 1. The normalized spacial score (nSPS) is 12.5. The number of aliphatic hydroxyl groups is 1. The number of aromatic nitrogens is 1. The van der Waals surface area contributed by atoms with E-state index >= 15 is 0 Å². The molecule has 0 aliphatic rings. The van der Waals surface area contributed by atoms with Crippen LogP contribution in [0.3, 0.4) is 0 Å². The van der Waals surface area contributed by atoms with E-state index in [-0.39, 0.29) is 12.4 Å². The summed E-state index contributed by atoms with van der Waals surface area (Å²) in [6.07, 6.45) is -0.532. The standard InChI is InChI=1S/C16H14FNO2S/c1-10(19)9-20-13-3-2-4-14-15(13)18-16(21-14)11-5-7-12(17)8-6-11/h2-8,10,19H,9H2,1H3. The molecule has 1 aromatic heterocycles. The molecule has 1 unspecified atom stereocenters. The van der Waals surface area contributed by atoms with E-state index in [4.69, 9.17) is 4.74 Å². The zero-order chi connectivity index (χ0) is 14.8. The van der Waals surface area contributed by atoms with Gasteiger partial charge in [0.2, 0.25) is 0 Å². The number of hydrogen-bond donors (Lipinski definition) is 1. The van der Waals surface area contributed by atoms with Crippen LogP contribution in [0.2, 0.25) is 0 Å². The Labute approximate surface area is 125 Å². The van der Waals surface area contributed by atoms with Crippen molar-refractivity contribution in [1.82, 2.24) is 4.98 Å². The van der Waals surface area contributed by atoms with Gasteiger partial charge in [-0.25, -0.2) is 9.37 Å². The number of nitrogens with zero attached hydrogens (tertiary/aromatic N) is 1. The van der Waals surface area contributed by atoms with E-state index < -0.39 is 6.10 Å². The minimum absolute atomic E-state index is 0.225. The van der Waals surface area contributed by atoms with Crippen LogP contribution in [0.25, 0.3) is 20.8 Å². The van der Waals surface area contributed by atoms with Crippen molar-refractivity contribution in [3.8, 4) is 16.3 Å². The second kappa shape index (κ2) is 5.79. The number of thiazole rings is 1. The Morgan fingerprint density at radius 3 is 2.71 bits per heavy atom. The third-order valence-corrected chi connectivity index (χ3v) is 4.02. The molecule has 5 heteroatoms. The molecule has 1 N–H and O–H groups in total. The maximum atomic E-state index is 13.0. The fraction of sp³-hybridized carbons (Fsp3) is 0.188. The molecule has 0 saturated heterocycles. The van der Waals surface area contributed by atoms with Crippen molar-refractivity contribution < 1.29 is 14.2 Å². The van der Waals surface area contributed by atoms with Gasteiger partial charge < -0.3 is 9.84 Å². The maximum absolute atomic E-state index is 13.0. The van der Waals surface area contributed by atoms with Crippen molar-refractivity contribution in [2.45, 2.75) is 13.0 Å². The van der Waals surface area contributed by atoms with Gasteiger partial charge in [-0.2, -0.15) is 0 Å². The van der Waals surface area contributed by atoms with Crippen molar-refractivity contribution in [3.63, 3.8) is 0 Å². The van der Waals surface area contributed by atoms with Crippen molar-refractivity contribution in [3.05, 3.63) is 48.3 Å². The zero-order valence-electron chi connectivity index (χ0n) is 11.4. The lowest BCUT2D eigenvalue weighted by Gasteiger charge is -2.07. The van der Waals surface area contributed by atoms with E-state index in [1.165, 1.54) is 23.5 Å². The van der Waals surface area contributed by atoms with Gasteiger partial charge in [0.25, 0.3) is 0 Å². The molecule has 0 bridgehead atoms. The predicted molar refractivity (Wildman–Crippen MR) is 82.2 cm³/mol. The predicted octanol–water partition coefficient (Wildman–Crippen LogP) is 3.86. The molecule has 21 heavy (non-hydrogen) atoms. The summed E-state index contributed by atoms with van der Waals surface area (Å²) < 4.78 is 19.6. The third kappa shape index (κ3) is 3.04. The van der Waals surface area contributed by atoms with Crippen LogP contribution in [0.1, 0.15) is 6.92 Å². The van der Waals surface area contributed by atoms with Crippen LogP contribution in [0, 0.1) is 5.82 Å². The number of aliphatic hydroxyl groups excluding tert-OH is 1. The SMILES string of the molecule is CC(O)COc1cccc2sc(-c3ccc(F)cc3)nc12.